The Labute approximate surface area is 202 Å². The zero-order valence-electron chi connectivity index (χ0n) is 19.8. The standard InChI is InChI=1S/C25H28N4O6/c1-3-34-23(31)20-21(26)35-18-14-15(2)29(9-8-28-10-12-33-13-11-28)22(30)19(18)25(20)16-6-4-5-7-17(16)27-24(25)32/h4-7,14H,3,8-13,26H2,1-2H3,(H,27,32)/t25-/m0/s1. The molecule has 0 aliphatic carbocycles. The van der Waals surface area contributed by atoms with Crippen molar-refractivity contribution in [2.45, 2.75) is 25.8 Å². The van der Waals surface area contributed by atoms with Gasteiger partial charge in [0.15, 0.2) is 0 Å². The van der Waals surface area contributed by atoms with Crippen LogP contribution in [0, 0.1) is 6.92 Å². The van der Waals surface area contributed by atoms with Gasteiger partial charge in [0, 0.05) is 49.2 Å². The molecule has 1 amide bonds. The fraction of sp³-hybridized carbons (Fsp3) is 0.400. The van der Waals surface area contributed by atoms with Gasteiger partial charge >= 0.3 is 5.97 Å². The lowest BCUT2D eigenvalue weighted by molar-refractivity contribution is -0.140. The molecule has 0 radical (unpaired) electrons. The molecule has 0 unspecified atom stereocenters. The van der Waals surface area contributed by atoms with Crippen LogP contribution in [0.2, 0.25) is 0 Å². The summed E-state index contributed by atoms with van der Waals surface area (Å²) in [6, 6.07) is 8.65. The first-order valence-corrected chi connectivity index (χ1v) is 11.7. The number of morpholine rings is 1. The van der Waals surface area contributed by atoms with Crippen LogP contribution in [0.3, 0.4) is 0 Å². The number of esters is 1. The van der Waals surface area contributed by atoms with Gasteiger partial charge in [-0.15, -0.1) is 0 Å². The average Bonchev–Trinajstić information content (AvgIpc) is 3.11. The van der Waals surface area contributed by atoms with Crippen LogP contribution in [0.5, 0.6) is 5.75 Å². The van der Waals surface area contributed by atoms with Gasteiger partial charge in [-0.25, -0.2) is 4.79 Å². The van der Waals surface area contributed by atoms with E-state index in [4.69, 9.17) is 19.9 Å². The summed E-state index contributed by atoms with van der Waals surface area (Å²) in [5, 5.41) is 2.83. The Morgan fingerprint density at radius 3 is 2.69 bits per heavy atom. The van der Waals surface area contributed by atoms with Gasteiger partial charge in [-0.1, -0.05) is 18.2 Å². The van der Waals surface area contributed by atoms with Crippen molar-refractivity contribution in [3.8, 4) is 5.75 Å². The highest BCUT2D eigenvalue weighted by Gasteiger charge is 2.60. The number of para-hydroxylation sites is 1. The lowest BCUT2D eigenvalue weighted by Crippen LogP contribution is -2.50. The molecule has 3 aliphatic rings. The number of anilines is 1. The van der Waals surface area contributed by atoms with E-state index in [0.717, 1.165) is 13.1 Å². The van der Waals surface area contributed by atoms with E-state index >= 15 is 0 Å². The number of aromatic nitrogens is 1. The Hall–Kier alpha value is -3.63. The largest absolute Gasteiger partial charge is 0.462 e. The molecule has 1 aromatic heterocycles. The number of fused-ring (bicyclic) bond motifs is 4. The second-order valence-corrected chi connectivity index (χ2v) is 8.75. The lowest BCUT2D eigenvalue weighted by Gasteiger charge is -2.35. The maximum absolute atomic E-state index is 14.1. The van der Waals surface area contributed by atoms with E-state index in [0.29, 0.717) is 43.2 Å². The summed E-state index contributed by atoms with van der Waals surface area (Å²) in [5.41, 5.74) is 5.55. The Bertz CT molecular complexity index is 1290. The first-order chi connectivity index (χ1) is 16.9. The molecule has 3 aliphatic heterocycles. The zero-order valence-corrected chi connectivity index (χ0v) is 19.8. The summed E-state index contributed by atoms with van der Waals surface area (Å²) >= 11 is 0. The second-order valence-electron chi connectivity index (χ2n) is 8.75. The number of nitrogens with one attached hydrogen (secondary N) is 1. The van der Waals surface area contributed by atoms with Crippen LogP contribution in [0.4, 0.5) is 5.69 Å². The highest BCUT2D eigenvalue weighted by atomic mass is 16.5. The van der Waals surface area contributed by atoms with Crippen LogP contribution in [-0.4, -0.2) is 60.8 Å². The molecule has 2 aromatic rings. The number of benzene rings is 1. The summed E-state index contributed by atoms with van der Waals surface area (Å²) in [4.78, 5) is 43.3. The Kier molecular flexibility index (Phi) is 5.86. The number of nitrogens with zero attached hydrogens (tertiary/aromatic N) is 2. The van der Waals surface area contributed by atoms with Crippen LogP contribution < -0.4 is 21.3 Å². The fourth-order valence-electron chi connectivity index (χ4n) is 5.20. The normalized spacial score (nSPS) is 21.4. The third-order valence-corrected chi connectivity index (χ3v) is 6.83. The molecule has 5 rings (SSSR count). The molecule has 1 aromatic carbocycles. The molecule has 1 fully saturated rings. The average molecular weight is 481 g/mol. The van der Waals surface area contributed by atoms with Gasteiger partial charge in [-0.3, -0.25) is 14.5 Å². The minimum absolute atomic E-state index is 0.0600. The van der Waals surface area contributed by atoms with Crippen molar-refractivity contribution in [2.24, 2.45) is 5.73 Å². The first kappa shape index (κ1) is 23.1. The number of aryl methyl sites for hydroxylation is 1. The predicted molar refractivity (Wildman–Crippen MR) is 127 cm³/mol. The van der Waals surface area contributed by atoms with E-state index in [2.05, 4.69) is 10.2 Å². The van der Waals surface area contributed by atoms with E-state index < -0.39 is 22.9 Å². The molecule has 4 heterocycles. The summed E-state index contributed by atoms with van der Waals surface area (Å²) in [5.74, 6) is -1.45. The number of hydrogen-bond donors (Lipinski definition) is 2. The smallest absolute Gasteiger partial charge is 0.341 e. The lowest BCUT2D eigenvalue weighted by atomic mass is 9.68. The van der Waals surface area contributed by atoms with Crippen LogP contribution in [-0.2, 0) is 31.0 Å². The monoisotopic (exact) mass is 480 g/mol. The number of nitrogens with two attached hydrogens (primary N) is 1. The van der Waals surface area contributed by atoms with Crippen LogP contribution in [0.15, 0.2) is 46.6 Å². The maximum Gasteiger partial charge on any atom is 0.341 e. The van der Waals surface area contributed by atoms with Crippen molar-refractivity contribution >= 4 is 17.6 Å². The molecule has 0 bridgehead atoms. The van der Waals surface area contributed by atoms with Gasteiger partial charge in [0.25, 0.3) is 5.56 Å². The molecule has 0 saturated carbocycles. The van der Waals surface area contributed by atoms with E-state index in [9.17, 15) is 14.4 Å². The molecule has 35 heavy (non-hydrogen) atoms. The summed E-state index contributed by atoms with van der Waals surface area (Å²) < 4.78 is 18.1. The zero-order chi connectivity index (χ0) is 24.7. The van der Waals surface area contributed by atoms with Crippen molar-refractivity contribution < 1.29 is 23.8 Å². The van der Waals surface area contributed by atoms with Crippen molar-refractivity contribution in [3.05, 3.63) is 69.0 Å². The highest BCUT2D eigenvalue weighted by molar-refractivity contribution is 6.17. The fourth-order valence-corrected chi connectivity index (χ4v) is 5.20. The molecule has 1 saturated heterocycles. The topological polar surface area (TPSA) is 125 Å². The number of pyridine rings is 1. The van der Waals surface area contributed by atoms with E-state index in [1.54, 1.807) is 48.7 Å². The number of amides is 1. The van der Waals surface area contributed by atoms with Gasteiger partial charge < -0.3 is 29.8 Å². The third kappa shape index (κ3) is 3.52. The van der Waals surface area contributed by atoms with Crippen LogP contribution in [0.1, 0.15) is 23.7 Å². The minimum Gasteiger partial charge on any atom is -0.462 e. The molecule has 184 valence electrons. The van der Waals surface area contributed by atoms with Gasteiger partial charge in [0.2, 0.25) is 11.8 Å². The quantitative estimate of drug-likeness (QED) is 0.604. The van der Waals surface area contributed by atoms with Crippen LogP contribution in [0.25, 0.3) is 0 Å². The molecular formula is C25H28N4O6. The van der Waals surface area contributed by atoms with Gasteiger partial charge in [0.1, 0.15) is 16.7 Å². The number of ether oxygens (including phenoxy) is 3. The van der Waals surface area contributed by atoms with Crippen LogP contribution >= 0.6 is 0 Å². The molecule has 1 atom stereocenters. The number of carbonyl (C=O) groups is 2. The van der Waals surface area contributed by atoms with Gasteiger partial charge in [0.05, 0.1) is 25.4 Å². The van der Waals surface area contributed by atoms with Gasteiger partial charge in [-0.2, -0.15) is 0 Å². The SMILES string of the molecule is CCOC(=O)C1=C(N)Oc2cc(C)n(CCN3CCOCC3)c(=O)c2[C@]12C(=O)Nc1ccccc12. The summed E-state index contributed by atoms with van der Waals surface area (Å²) in [6.07, 6.45) is 0. The number of carbonyl (C=O) groups excluding carboxylic acids is 2. The molecule has 10 nitrogen and oxygen atoms in total. The first-order valence-electron chi connectivity index (χ1n) is 11.7. The van der Waals surface area contributed by atoms with Crippen molar-refractivity contribution in [3.63, 3.8) is 0 Å². The molecular weight excluding hydrogens is 452 g/mol. The molecule has 3 N–H and O–H groups in total. The molecule has 10 heteroatoms. The van der Waals surface area contributed by atoms with Crippen molar-refractivity contribution in [1.29, 1.82) is 0 Å². The van der Waals surface area contributed by atoms with E-state index in [1.807, 2.05) is 0 Å². The Balaban J connectivity index is 1.72. The Morgan fingerprint density at radius 1 is 1.20 bits per heavy atom. The third-order valence-electron chi connectivity index (χ3n) is 6.83. The van der Waals surface area contributed by atoms with Gasteiger partial charge in [-0.05, 0) is 19.9 Å². The Morgan fingerprint density at radius 2 is 1.94 bits per heavy atom. The number of rotatable bonds is 5. The minimum atomic E-state index is -1.79. The predicted octanol–water partition coefficient (Wildman–Crippen LogP) is 0.853. The van der Waals surface area contributed by atoms with Crippen molar-refractivity contribution in [1.82, 2.24) is 9.47 Å². The van der Waals surface area contributed by atoms with Crippen molar-refractivity contribution in [2.75, 3.05) is 44.8 Å². The van der Waals surface area contributed by atoms with E-state index in [-0.39, 0.29) is 29.4 Å². The summed E-state index contributed by atoms with van der Waals surface area (Å²) in [7, 11) is 0. The second kappa shape index (κ2) is 8.86. The maximum atomic E-state index is 14.1. The highest BCUT2D eigenvalue weighted by Crippen LogP contribution is 2.52. The number of hydrogen-bond acceptors (Lipinski definition) is 8. The summed E-state index contributed by atoms with van der Waals surface area (Å²) in [6.45, 7) is 7.45. The van der Waals surface area contributed by atoms with E-state index in [1.165, 1.54) is 0 Å². The molecule has 1 spiro atoms.